The lowest BCUT2D eigenvalue weighted by atomic mass is 9.92. The molecule has 0 bridgehead atoms. The van der Waals surface area contributed by atoms with Gasteiger partial charge in [-0.3, -0.25) is 9.59 Å². The lowest BCUT2D eigenvalue weighted by molar-refractivity contribution is -0.113. The Balaban J connectivity index is 1.72. The maximum Gasteiger partial charge on any atom is 0.251 e. The molecule has 0 saturated heterocycles. The molecule has 2 atom stereocenters. The molecule has 1 aromatic rings. The zero-order valence-corrected chi connectivity index (χ0v) is 12.4. The molecule has 1 fully saturated rings. The summed E-state index contributed by atoms with van der Waals surface area (Å²) in [6, 6.07) is 5.13. The van der Waals surface area contributed by atoms with Crippen molar-refractivity contribution in [3.63, 3.8) is 0 Å². The molecule has 5 nitrogen and oxygen atoms in total. The zero-order chi connectivity index (χ0) is 14.8. The molecule has 2 aliphatic rings. The smallest absolute Gasteiger partial charge is 0.251 e. The average molecular weight is 306 g/mol. The second kappa shape index (κ2) is 6.07. The van der Waals surface area contributed by atoms with Crippen molar-refractivity contribution in [2.24, 2.45) is 0 Å². The van der Waals surface area contributed by atoms with E-state index in [0.29, 0.717) is 17.0 Å². The van der Waals surface area contributed by atoms with Gasteiger partial charge in [-0.2, -0.15) is 0 Å². The van der Waals surface area contributed by atoms with E-state index in [4.69, 9.17) is 0 Å². The number of hydrogen-bond acceptors (Lipinski definition) is 4. The van der Waals surface area contributed by atoms with Crippen molar-refractivity contribution < 1.29 is 14.7 Å². The van der Waals surface area contributed by atoms with Gasteiger partial charge in [0.05, 0.1) is 23.6 Å². The predicted octanol–water partition coefficient (Wildman–Crippen LogP) is 1.76. The molecule has 1 aliphatic heterocycles. The first-order valence-corrected chi connectivity index (χ1v) is 8.17. The van der Waals surface area contributed by atoms with Crippen molar-refractivity contribution in [1.82, 2.24) is 5.32 Å². The van der Waals surface area contributed by atoms with Crippen LogP contribution in [0, 0.1) is 0 Å². The fraction of sp³-hybridized carbons (Fsp3) is 0.467. The van der Waals surface area contributed by atoms with Gasteiger partial charge in [0.25, 0.3) is 5.91 Å². The van der Waals surface area contributed by atoms with Crippen LogP contribution in [0.5, 0.6) is 0 Å². The fourth-order valence-corrected chi connectivity index (χ4v) is 3.54. The molecule has 6 heteroatoms. The Morgan fingerprint density at radius 2 is 2.14 bits per heavy atom. The molecule has 1 aliphatic carbocycles. The first-order valence-electron chi connectivity index (χ1n) is 7.19. The molecule has 112 valence electrons. The SMILES string of the molecule is O=C1CSc2ccc(C(=O)N[C@@H]3CCCC[C@H]3O)cc2N1. The number of carbonyl (C=O) groups excluding carboxylic acids is 2. The molecule has 2 amide bonds. The van der Waals surface area contributed by atoms with Crippen LogP contribution >= 0.6 is 11.8 Å². The van der Waals surface area contributed by atoms with Gasteiger partial charge in [0.2, 0.25) is 5.91 Å². The average Bonchev–Trinajstić information content (AvgIpc) is 2.48. The van der Waals surface area contributed by atoms with Gasteiger partial charge >= 0.3 is 0 Å². The molecular formula is C15H18N2O3S. The van der Waals surface area contributed by atoms with Crippen LogP contribution in [0.3, 0.4) is 0 Å². The first kappa shape index (κ1) is 14.4. The molecule has 1 heterocycles. The van der Waals surface area contributed by atoms with Crippen molar-refractivity contribution in [1.29, 1.82) is 0 Å². The third-order valence-electron chi connectivity index (χ3n) is 3.92. The van der Waals surface area contributed by atoms with Gasteiger partial charge in [-0.05, 0) is 31.0 Å². The molecule has 0 aromatic heterocycles. The Bertz CT molecular complexity index is 576. The monoisotopic (exact) mass is 306 g/mol. The number of aliphatic hydroxyl groups excluding tert-OH is 1. The minimum atomic E-state index is -0.462. The summed E-state index contributed by atoms with van der Waals surface area (Å²) in [6.07, 6.45) is 3.12. The summed E-state index contributed by atoms with van der Waals surface area (Å²) in [5.74, 6) is 0.161. The highest BCUT2D eigenvalue weighted by atomic mass is 32.2. The van der Waals surface area contributed by atoms with Crippen molar-refractivity contribution >= 4 is 29.3 Å². The van der Waals surface area contributed by atoms with E-state index in [0.717, 1.165) is 30.6 Å². The molecule has 21 heavy (non-hydrogen) atoms. The molecule has 3 rings (SSSR count). The second-order valence-corrected chi connectivity index (χ2v) is 6.50. The van der Waals surface area contributed by atoms with Gasteiger partial charge < -0.3 is 15.7 Å². The van der Waals surface area contributed by atoms with E-state index in [1.165, 1.54) is 11.8 Å². The highest BCUT2D eigenvalue weighted by Crippen LogP contribution is 2.32. The minimum absolute atomic E-state index is 0.0484. The molecule has 0 spiro atoms. The minimum Gasteiger partial charge on any atom is -0.391 e. The van der Waals surface area contributed by atoms with E-state index in [2.05, 4.69) is 10.6 Å². The van der Waals surface area contributed by atoms with Crippen LogP contribution in [0.1, 0.15) is 36.0 Å². The molecule has 0 unspecified atom stereocenters. The molecular weight excluding hydrogens is 288 g/mol. The number of aliphatic hydroxyl groups is 1. The van der Waals surface area contributed by atoms with Crippen LogP contribution in [0.2, 0.25) is 0 Å². The van der Waals surface area contributed by atoms with Crippen LogP contribution in [0.25, 0.3) is 0 Å². The van der Waals surface area contributed by atoms with Crippen LogP contribution < -0.4 is 10.6 Å². The molecule has 1 aromatic carbocycles. The largest absolute Gasteiger partial charge is 0.391 e. The summed E-state index contributed by atoms with van der Waals surface area (Å²) in [4.78, 5) is 24.7. The highest BCUT2D eigenvalue weighted by Gasteiger charge is 2.25. The lowest BCUT2D eigenvalue weighted by Crippen LogP contribution is -2.45. The maximum atomic E-state index is 12.3. The quantitative estimate of drug-likeness (QED) is 0.778. The Morgan fingerprint density at radius 3 is 2.95 bits per heavy atom. The Morgan fingerprint density at radius 1 is 1.33 bits per heavy atom. The topological polar surface area (TPSA) is 78.4 Å². The van der Waals surface area contributed by atoms with Gasteiger partial charge in [0, 0.05) is 10.5 Å². The predicted molar refractivity (Wildman–Crippen MR) is 81.5 cm³/mol. The molecule has 3 N–H and O–H groups in total. The number of nitrogens with one attached hydrogen (secondary N) is 2. The molecule has 0 radical (unpaired) electrons. The van der Waals surface area contributed by atoms with E-state index >= 15 is 0 Å². The van der Waals surface area contributed by atoms with Crippen LogP contribution in [0.15, 0.2) is 23.1 Å². The Hall–Kier alpha value is -1.53. The normalized spacial score (nSPS) is 24.9. The summed E-state index contributed by atoms with van der Waals surface area (Å²) in [5, 5.41) is 15.6. The van der Waals surface area contributed by atoms with E-state index in [1.807, 2.05) is 6.07 Å². The number of carbonyl (C=O) groups is 2. The van der Waals surface area contributed by atoms with E-state index in [1.54, 1.807) is 12.1 Å². The Labute approximate surface area is 127 Å². The van der Waals surface area contributed by atoms with Gasteiger partial charge in [-0.15, -0.1) is 11.8 Å². The van der Waals surface area contributed by atoms with E-state index in [-0.39, 0.29) is 17.9 Å². The van der Waals surface area contributed by atoms with Crippen molar-refractivity contribution in [3.8, 4) is 0 Å². The van der Waals surface area contributed by atoms with Gasteiger partial charge in [0.1, 0.15) is 0 Å². The number of anilines is 1. The van der Waals surface area contributed by atoms with Crippen molar-refractivity contribution in [2.45, 2.75) is 42.7 Å². The summed E-state index contributed by atoms with van der Waals surface area (Å²) in [7, 11) is 0. The highest BCUT2D eigenvalue weighted by molar-refractivity contribution is 8.00. The number of rotatable bonds is 2. The number of thioether (sulfide) groups is 1. The van der Waals surface area contributed by atoms with Crippen molar-refractivity contribution in [3.05, 3.63) is 23.8 Å². The molecule has 1 saturated carbocycles. The van der Waals surface area contributed by atoms with E-state index < -0.39 is 6.10 Å². The zero-order valence-electron chi connectivity index (χ0n) is 11.6. The number of fused-ring (bicyclic) bond motifs is 1. The third-order valence-corrected chi connectivity index (χ3v) is 4.99. The van der Waals surface area contributed by atoms with Gasteiger partial charge in [-0.1, -0.05) is 12.8 Å². The lowest BCUT2D eigenvalue weighted by Gasteiger charge is -2.28. The standard InChI is InChI=1S/C15H18N2O3S/c18-12-4-2-1-3-10(12)17-15(20)9-5-6-13-11(7-9)16-14(19)8-21-13/h5-7,10,12,18H,1-4,8H2,(H,16,19)(H,17,20)/t10-,12-/m1/s1. The van der Waals surface area contributed by atoms with Crippen LogP contribution in [-0.4, -0.2) is 34.8 Å². The third kappa shape index (κ3) is 3.22. The first-order chi connectivity index (χ1) is 10.1. The van der Waals surface area contributed by atoms with Gasteiger partial charge in [-0.25, -0.2) is 0 Å². The van der Waals surface area contributed by atoms with Crippen molar-refractivity contribution in [2.75, 3.05) is 11.1 Å². The number of benzene rings is 1. The summed E-state index contributed by atoms with van der Waals surface area (Å²) < 4.78 is 0. The summed E-state index contributed by atoms with van der Waals surface area (Å²) >= 11 is 1.47. The Kier molecular flexibility index (Phi) is 4.17. The summed E-state index contributed by atoms with van der Waals surface area (Å²) in [5.41, 5.74) is 1.20. The van der Waals surface area contributed by atoms with E-state index in [9.17, 15) is 14.7 Å². The number of amides is 2. The van der Waals surface area contributed by atoms with Gasteiger partial charge in [0.15, 0.2) is 0 Å². The fourth-order valence-electron chi connectivity index (χ4n) is 2.76. The second-order valence-electron chi connectivity index (χ2n) is 5.48. The number of hydrogen-bond donors (Lipinski definition) is 3. The summed E-state index contributed by atoms with van der Waals surface area (Å²) in [6.45, 7) is 0. The van der Waals surface area contributed by atoms with Crippen LogP contribution in [0.4, 0.5) is 5.69 Å². The van der Waals surface area contributed by atoms with Crippen LogP contribution in [-0.2, 0) is 4.79 Å². The maximum absolute atomic E-state index is 12.3.